The molecule has 0 rings (SSSR count). The van der Waals surface area contributed by atoms with Crippen LogP contribution in [-0.4, -0.2) is 37.2 Å². The predicted octanol–water partition coefficient (Wildman–Crippen LogP) is 20.4. The zero-order valence-electron chi connectivity index (χ0n) is 47.5. The minimum Gasteiger partial charge on any atom is -0.462 e. The Balaban J connectivity index is 4.31. The van der Waals surface area contributed by atoms with Gasteiger partial charge in [0.15, 0.2) is 6.10 Å². The number of ether oxygens (including phenoxy) is 3. The first-order valence-corrected chi connectivity index (χ1v) is 29.8. The fourth-order valence-corrected chi connectivity index (χ4v) is 7.63. The normalized spacial score (nSPS) is 13.2. The fraction of sp³-hybridized carbons (Fsp3) is 0.603. The Morgan fingerprint density at radius 2 is 0.541 bits per heavy atom. The largest absolute Gasteiger partial charge is 0.462 e. The molecule has 0 N–H and O–H groups in total. The number of hydrogen-bond acceptors (Lipinski definition) is 6. The van der Waals surface area contributed by atoms with E-state index in [2.05, 4.69) is 167 Å². The second-order valence-electron chi connectivity index (χ2n) is 19.2. The molecule has 0 spiro atoms. The number of esters is 3. The van der Waals surface area contributed by atoms with Gasteiger partial charge in [0, 0.05) is 19.3 Å². The molecule has 74 heavy (non-hydrogen) atoms. The molecule has 1 atom stereocenters. The third-order valence-electron chi connectivity index (χ3n) is 12.1. The molecule has 0 aromatic carbocycles. The van der Waals surface area contributed by atoms with Crippen LogP contribution < -0.4 is 0 Å². The van der Waals surface area contributed by atoms with Crippen molar-refractivity contribution in [2.24, 2.45) is 0 Å². The lowest BCUT2D eigenvalue weighted by molar-refractivity contribution is -0.167. The van der Waals surface area contributed by atoms with E-state index in [1.165, 1.54) is 70.6 Å². The first kappa shape index (κ1) is 69.3. The lowest BCUT2D eigenvalue weighted by atomic mass is 10.1. The van der Waals surface area contributed by atoms with E-state index in [0.717, 1.165) is 128 Å². The molecule has 0 aromatic rings. The van der Waals surface area contributed by atoms with Crippen molar-refractivity contribution in [3.05, 3.63) is 146 Å². The number of carbonyl (C=O) groups is 3. The first-order valence-electron chi connectivity index (χ1n) is 29.8. The van der Waals surface area contributed by atoms with Gasteiger partial charge in [-0.3, -0.25) is 14.4 Å². The summed E-state index contributed by atoms with van der Waals surface area (Å²) < 4.78 is 16.7. The maximum absolute atomic E-state index is 12.8. The van der Waals surface area contributed by atoms with Crippen molar-refractivity contribution >= 4 is 17.9 Å². The summed E-state index contributed by atoms with van der Waals surface area (Å²) >= 11 is 0. The molecule has 0 saturated carbocycles. The Kier molecular flexibility index (Phi) is 57.0. The van der Waals surface area contributed by atoms with Gasteiger partial charge < -0.3 is 14.2 Å². The van der Waals surface area contributed by atoms with Crippen LogP contribution in [0.15, 0.2) is 146 Å². The second kappa shape index (κ2) is 60.8. The van der Waals surface area contributed by atoms with Gasteiger partial charge in [-0.1, -0.05) is 250 Å². The Morgan fingerprint density at radius 1 is 0.284 bits per heavy atom. The van der Waals surface area contributed by atoms with Crippen molar-refractivity contribution in [1.29, 1.82) is 0 Å². The average Bonchev–Trinajstić information content (AvgIpc) is 3.40. The molecule has 0 heterocycles. The SMILES string of the molecule is CC/C=C\C/C=C\C/C=C\C/C=C\C/C=C\C/C=C\C/C=C\C/C=C\C/C=C\CCCC(=O)OCC(COC(=O)CCCCCCCC)OC(=O)CCCCCCCC/C=C\C/C=C\C/C=C\CCCCCCC. The third kappa shape index (κ3) is 58.2. The lowest BCUT2D eigenvalue weighted by Crippen LogP contribution is -2.30. The molecule has 0 aliphatic heterocycles. The van der Waals surface area contributed by atoms with Crippen LogP contribution in [0.4, 0.5) is 0 Å². The number of unbranched alkanes of at least 4 members (excludes halogenated alkanes) is 17. The monoisotopic (exact) mass is 1020 g/mol. The molecule has 0 aromatic heterocycles. The molecular formula is C68H108O6. The van der Waals surface area contributed by atoms with Gasteiger partial charge in [-0.2, -0.15) is 0 Å². The highest BCUT2D eigenvalue weighted by molar-refractivity contribution is 5.71. The van der Waals surface area contributed by atoms with E-state index in [1.54, 1.807) is 0 Å². The summed E-state index contributed by atoms with van der Waals surface area (Å²) in [6, 6.07) is 0. The van der Waals surface area contributed by atoms with Gasteiger partial charge in [-0.05, 0) is 122 Å². The van der Waals surface area contributed by atoms with Crippen molar-refractivity contribution in [3.8, 4) is 0 Å². The van der Waals surface area contributed by atoms with Crippen LogP contribution in [0, 0.1) is 0 Å². The molecule has 6 heteroatoms. The first-order chi connectivity index (χ1) is 36.5. The zero-order valence-corrected chi connectivity index (χ0v) is 47.5. The summed E-state index contributed by atoms with van der Waals surface area (Å²) in [6.45, 7) is 6.38. The molecule has 0 saturated heterocycles. The fourth-order valence-electron chi connectivity index (χ4n) is 7.63. The Bertz CT molecular complexity index is 1640. The Labute approximate surface area is 455 Å². The van der Waals surface area contributed by atoms with Gasteiger partial charge in [0.05, 0.1) is 0 Å². The van der Waals surface area contributed by atoms with Crippen LogP contribution >= 0.6 is 0 Å². The summed E-state index contributed by atoms with van der Waals surface area (Å²) in [4.78, 5) is 37.9. The van der Waals surface area contributed by atoms with Gasteiger partial charge in [0.2, 0.25) is 0 Å². The van der Waals surface area contributed by atoms with Crippen LogP contribution in [0.1, 0.15) is 245 Å². The number of hydrogen-bond donors (Lipinski definition) is 0. The highest BCUT2D eigenvalue weighted by atomic mass is 16.6. The van der Waals surface area contributed by atoms with Crippen molar-refractivity contribution in [1.82, 2.24) is 0 Å². The van der Waals surface area contributed by atoms with Crippen LogP contribution in [0.2, 0.25) is 0 Å². The third-order valence-corrected chi connectivity index (χ3v) is 12.1. The molecule has 0 radical (unpaired) electrons. The van der Waals surface area contributed by atoms with Crippen LogP contribution in [0.25, 0.3) is 0 Å². The molecule has 416 valence electrons. The summed E-state index contributed by atoms with van der Waals surface area (Å²) in [5.74, 6) is -0.998. The van der Waals surface area contributed by atoms with Crippen LogP contribution in [0.3, 0.4) is 0 Å². The predicted molar refractivity (Wildman–Crippen MR) is 320 cm³/mol. The smallest absolute Gasteiger partial charge is 0.306 e. The van der Waals surface area contributed by atoms with Crippen LogP contribution in [-0.2, 0) is 28.6 Å². The molecule has 0 aliphatic carbocycles. The van der Waals surface area contributed by atoms with Crippen molar-refractivity contribution in [2.75, 3.05) is 13.2 Å². The second-order valence-corrected chi connectivity index (χ2v) is 19.2. The van der Waals surface area contributed by atoms with Gasteiger partial charge >= 0.3 is 17.9 Å². The summed E-state index contributed by atoms with van der Waals surface area (Å²) in [6.07, 6.45) is 87.4. The number of allylic oxidation sites excluding steroid dienone is 24. The van der Waals surface area contributed by atoms with E-state index in [4.69, 9.17) is 14.2 Å². The lowest BCUT2D eigenvalue weighted by Gasteiger charge is -2.18. The minimum absolute atomic E-state index is 0.107. The zero-order chi connectivity index (χ0) is 53.6. The quantitative estimate of drug-likeness (QED) is 0.0261. The molecule has 0 amide bonds. The molecule has 6 nitrogen and oxygen atoms in total. The summed E-state index contributed by atoms with van der Waals surface area (Å²) in [7, 11) is 0. The number of rotatable bonds is 52. The van der Waals surface area contributed by atoms with Gasteiger partial charge in [0.1, 0.15) is 13.2 Å². The molecule has 1 unspecified atom stereocenters. The van der Waals surface area contributed by atoms with E-state index in [0.29, 0.717) is 19.3 Å². The van der Waals surface area contributed by atoms with Gasteiger partial charge in [-0.15, -0.1) is 0 Å². The van der Waals surface area contributed by atoms with E-state index in [-0.39, 0.29) is 37.5 Å². The topological polar surface area (TPSA) is 78.9 Å². The Hall–Kier alpha value is -4.71. The standard InChI is InChI=1S/C68H108O6/c1-4-7-10-13-16-18-20-22-24-26-28-30-31-32-33-34-35-36-37-39-40-42-44-46-48-50-52-55-58-61-67(70)73-64-65(63-72-66(69)60-57-54-15-12-9-6-3)74-68(71)62-59-56-53-51-49-47-45-43-41-38-29-27-25-23-21-19-17-14-11-8-5-2/h7,10,16,18,21-24,27-30,32-33,35-36,39-41,43-44,46,50,52,65H,4-6,8-9,11-15,17,19-20,25-26,31,34,37-38,42,45,47-49,51,53-64H2,1-3H3/b10-7-,18-16-,23-21-,24-22-,29-27-,30-28-,33-32-,36-35-,40-39-,43-41-,46-44-,52-50-. The van der Waals surface area contributed by atoms with E-state index in [9.17, 15) is 14.4 Å². The van der Waals surface area contributed by atoms with Gasteiger partial charge in [-0.25, -0.2) is 0 Å². The van der Waals surface area contributed by atoms with Crippen molar-refractivity contribution in [2.45, 2.75) is 252 Å². The molecule has 0 fully saturated rings. The van der Waals surface area contributed by atoms with E-state index >= 15 is 0 Å². The van der Waals surface area contributed by atoms with Gasteiger partial charge in [0.25, 0.3) is 0 Å². The van der Waals surface area contributed by atoms with Crippen molar-refractivity contribution < 1.29 is 28.6 Å². The highest BCUT2D eigenvalue weighted by Crippen LogP contribution is 2.13. The maximum Gasteiger partial charge on any atom is 0.306 e. The molecule has 0 bridgehead atoms. The maximum atomic E-state index is 12.8. The Morgan fingerprint density at radius 3 is 0.878 bits per heavy atom. The van der Waals surface area contributed by atoms with E-state index < -0.39 is 6.10 Å². The average molecular weight is 1020 g/mol. The van der Waals surface area contributed by atoms with Crippen LogP contribution in [0.5, 0.6) is 0 Å². The van der Waals surface area contributed by atoms with Crippen molar-refractivity contribution in [3.63, 3.8) is 0 Å². The summed E-state index contributed by atoms with van der Waals surface area (Å²) in [5.41, 5.74) is 0. The molecule has 0 aliphatic rings. The summed E-state index contributed by atoms with van der Waals surface area (Å²) in [5, 5.41) is 0. The highest BCUT2D eigenvalue weighted by Gasteiger charge is 2.19. The molecular weight excluding hydrogens is 913 g/mol. The number of carbonyl (C=O) groups excluding carboxylic acids is 3. The minimum atomic E-state index is -0.812. The van der Waals surface area contributed by atoms with E-state index in [1.807, 2.05) is 0 Å².